The molecule has 0 heterocycles. The van der Waals surface area contributed by atoms with Gasteiger partial charge in [-0.3, -0.25) is 4.79 Å². The van der Waals surface area contributed by atoms with Gasteiger partial charge in [-0.1, -0.05) is 13.3 Å². The summed E-state index contributed by atoms with van der Waals surface area (Å²) in [6.07, 6.45) is 4.53. The topological polar surface area (TPSA) is 49.8 Å². The van der Waals surface area contributed by atoms with E-state index in [0.717, 1.165) is 25.1 Å². The van der Waals surface area contributed by atoms with E-state index in [0.29, 0.717) is 24.6 Å². The molecular formula is C17H25NO3. The number of carbonyl (C=O) groups excluding carboxylic acids is 1. The molecule has 2 rings (SSSR count). The Morgan fingerprint density at radius 1 is 1.33 bits per heavy atom. The van der Waals surface area contributed by atoms with E-state index in [1.54, 1.807) is 17.0 Å². The molecule has 21 heavy (non-hydrogen) atoms. The SMILES string of the molecule is CCCCOc1ccc(C(=O)N(CCO)CC2CC2)cc1. The lowest BCUT2D eigenvalue weighted by molar-refractivity contribution is 0.0713. The molecular weight excluding hydrogens is 266 g/mol. The van der Waals surface area contributed by atoms with Gasteiger partial charge in [-0.25, -0.2) is 0 Å². The maximum absolute atomic E-state index is 12.4. The van der Waals surface area contributed by atoms with Crippen molar-refractivity contribution in [2.24, 2.45) is 5.92 Å². The van der Waals surface area contributed by atoms with Gasteiger partial charge in [0.1, 0.15) is 5.75 Å². The lowest BCUT2D eigenvalue weighted by Gasteiger charge is -2.21. The molecule has 1 aromatic carbocycles. The van der Waals surface area contributed by atoms with E-state index < -0.39 is 0 Å². The number of rotatable bonds is 9. The highest BCUT2D eigenvalue weighted by Crippen LogP contribution is 2.30. The second kappa shape index (κ2) is 8.03. The van der Waals surface area contributed by atoms with E-state index in [4.69, 9.17) is 9.84 Å². The number of benzene rings is 1. The van der Waals surface area contributed by atoms with E-state index in [2.05, 4.69) is 6.92 Å². The van der Waals surface area contributed by atoms with E-state index in [-0.39, 0.29) is 12.5 Å². The summed E-state index contributed by atoms with van der Waals surface area (Å²) in [6.45, 7) is 4.01. The van der Waals surface area contributed by atoms with Crippen LogP contribution in [0.1, 0.15) is 43.0 Å². The zero-order valence-corrected chi connectivity index (χ0v) is 12.8. The summed E-state index contributed by atoms with van der Waals surface area (Å²) in [5.41, 5.74) is 0.659. The summed E-state index contributed by atoms with van der Waals surface area (Å²) >= 11 is 0. The Kier molecular flexibility index (Phi) is 6.05. The predicted molar refractivity (Wildman–Crippen MR) is 82.6 cm³/mol. The van der Waals surface area contributed by atoms with Crippen molar-refractivity contribution >= 4 is 5.91 Å². The van der Waals surface area contributed by atoms with E-state index in [1.807, 2.05) is 12.1 Å². The molecule has 1 aliphatic carbocycles. The Morgan fingerprint density at radius 2 is 2.05 bits per heavy atom. The molecule has 0 aliphatic heterocycles. The van der Waals surface area contributed by atoms with E-state index in [9.17, 15) is 4.79 Å². The number of aliphatic hydroxyl groups excluding tert-OH is 1. The van der Waals surface area contributed by atoms with Gasteiger partial charge in [0.05, 0.1) is 13.2 Å². The number of nitrogens with zero attached hydrogens (tertiary/aromatic N) is 1. The highest BCUT2D eigenvalue weighted by atomic mass is 16.5. The fourth-order valence-corrected chi connectivity index (χ4v) is 2.22. The normalized spacial score (nSPS) is 14.0. The van der Waals surface area contributed by atoms with Crippen LogP contribution in [-0.4, -0.2) is 42.2 Å². The van der Waals surface area contributed by atoms with Crippen LogP contribution in [0.4, 0.5) is 0 Å². The van der Waals surface area contributed by atoms with Crippen LogP contribution in [0.15, 0.2) is 24.3 Å². The molecule has 116 valence electrons. The molecule has 4 heteroatoms. The molecule has 0 bridgehead atoms. The van der Waals surface area contributed by atoms with Gasteiger partial charge in [-0.15, -0.1) is 0 Å². The molecule has 0 spiro atoms. The maximum atomic E-state index is 12.4. The zero-order chi connectivity index (χ0) is 15.1. The van der Waals surface area contributed by atoms with E-state index in [1.165, 1.54) is 12.8 Å². The minimum absolute atomic E-state index is 0.00365. The monoisotopic (exact) mass is 291 g/mol. The number of hydrogen-bond acceptors (Lipinski definition) is 3. The number of amides is 1. The highest BCUT2D eigenvalue weighted by Gasteiger charge is 2.26. The van der Waals surface area contributed by atoms with Crippen molar-refractivity contribution < 1.29 is 14.6 Å². The summed E-state index contributed by atoms with van der Waals surface area (Å²) < 4.78 is 5.60. The van der Waals surface area contributed by atoms with Gasteiger partial charge in [0.2, 0.25) is 0 Å². The Balaban J connectivity index is 1.93. The first kappa shape index (κ1) is 15.8. The fourth-order valence-electron chi connectivity index (χ4n) is 2.22. The largest absolute Gasteiger partial charge is 0.494 e. The third-order valence-corrected chi connectivity index (χ3v) is 3.70. The maximum Gasteiger partial charge on any atom is 0.253 e. The summed E-state index contributed by atoms with van der Waals surface area (Å²) in [4.78, 5) is 14.2. The van der Waals surface area contributed by atoms with Crippen molar-refractivity contribution in [3.05, 3.63) is 29.8 Å². The van der Waals surface area contributed by atoms with Crippen LogP contribution < -0.4 is 4.74 Å². The number of unbranched alkanes of at least 4 members (excludes halogenated alkanes) is 1. The molecule has 0 unspecified atom stereocenters. The summed E-state index contributed by atoms with van der Waals surface area (Å²) in [6, 6.07) is 7.30. The van der Waals surface area contributed by atoms with Crippen molar-refractivity contribution in [1.29, 1.82) is 0 Å². The lowest BCUT2D eigenvalue weighted by Crippen LogP contribution is -2.35. The van der Waals surface area contributed by atoms with Gasteiger partial charge in [-0.05, 0) is 49.4 Å². The number of hydrogen-bond donors (Lipinski definition) is 1. The predicted octanol–water partition coefficient (Wildman–Crippen LogP) is 2.71. The zero-order valence-electron chi connectivity index (χ0n) is 12.8. The van der Waals surface area contributed by atoms with Crippen LogP contribution in [0.25, 0.3) is 0 Å². The summed E-state index contributed by atoms with van der Waals surface area (Å²) in [5.74, 6) is 1.42. The molecule has 1 N–H and O–H groups in total. The first-order chi connectivity index (χ1) is 10.2. The molecule has 0 saturated heterocycles. The summed E-state index contributed by atoms with van der Waals surface area (Å²) in [5, 5.41) is 9.12. The Morgan fingerprint density at radius 3 is 2.62 bits per heavy atom. The van der Waals surface area contributed by atoms with Crippen molar-refractivity contribution in [1.82, 2.24) is 4.90 Å². The van der Waals surface area contributed by atoms with Crippen molar-refractivity contribution in [2.45, 2.75) is 32.6 Å². The first-order valence-corrected chi connectivity index (χ1v) is 7.87. The van der Waals surface area contributed by atoms with Gasteiger partial charge < -0.3 is 14.7 Å². The highest BCUT2D eigenvalue weighted by molar-refractivity contribution is 5.94. The van der Waals surface area contributed by atoms with Crippen LogP contribution in [0, 0.1) is 5.92 Å². The quantitative estimate of drug-likeness (QED) is 0.712. The molecule has 1 fully saturated rings. The number of ether oxygens (including phenoxy) is 1. The molecule has 0 atom stereocenters. The third kappa shape index (κ3) is 5.05. The average molecular weight is 291 g/mol. The van der Waals surface area contributed by atoms with Gasteiger partial charge >= 0.3 is 0 Å². The van der Waals surface area contributed by atoms with E-state index >= 15 is 0 Å². The minimum atomic E-state index is -0.00365. The number of carbonyl (C=O) groups is 1. The third-order valence-electron chi connectivity index (χ3n) is 3.70. The molecule has 0 radical (unpaired) electrons. The van der Waals surface area contributed by atoms with Crippen molar-refractivity contribution in [3.63, 3.8) is 0 Å². The van der Waals surface area contributed by atoms with Crippen LogP contribution in [0.3, 0.4) is 0 Å². The average Bonchev–Trinajstić information content (AvgIpc) is 3.31. The second-order valence-electron chi connectivity index (χ2n) is 5.64. The lowest BCUT2D eigenvalue weighted by atomic mass is 10.2. The summed E-state index contributed by atoms with van der Waals surface area (Å²) in [7, 11) is 0. The molecule has 1 saturated carbocycles. The smallest absolute Gasteiger partial charge is 0.253 e. The Labute approximate surface area is 126 Å². The number of aliphatic hydroxyl groups is 1. The first-order valence-electron chi connectivity index (χ1n) is 7.87. The molecule has 1 amide bonds. The molecule has 4 nitrogen and oxygen atoms in total. The van der Waals surface area contributed by atoms with Crippen molar-refractivity contribution in [2.75, 3.05) is 26.3 Å². The van der Waals surface area contributed by atoms with Crippen molar-refractivity contribution in [3.8, 4) is 5.75 Å². The molecule has 1 aromatic rings. The van der Waals surface area contributed by atoms with Crippen LogP contribution in [-0.2, 0) is 0 Å². The fraction of sp³-hybridized carbons (Fsp3) is 0.588. The van der Waals surface area contributed by atoms with Gasteiger partial charge in [0.25, 0.3) is 5.91 Å². The van der Waals surface area contributed by atoms with Crippen LogP contribution in [0.2, 0.25) is 0 Å². The standard InChI is InChI=1S/C17H25NO3/c1-2-3-12-21-16-8-6-15(7-9-16)17(20)18(10-11-19)13-14-4-5-14/h6-9,14,19H,2-5,10-13H2,1H3. The minimum Gasteiger partial charge on any atom is -0.494 e. The molecule has 0 aromatic heterocycles. The van der Waals surface area contributed by atoms with Crippen LogP contribution >= 0.6 is 0 Å². The van der Waals surface area contributed by atoms with Gasteiger partial charge in [-0.2, -0.15) is 0 Å². The van der Waals surface area contributed by atoms with Gasteiger partial charge in [0.15, 0.2) is 0 Å². The second-order valence-corrected chi connectivity index (χ2v) is 5.64. The van der Waals surface area contributed by atoms with Gasteiger partial charge in [0, 0.05) is 18.7 Å². The Bertz CT molecular complexity index is 440. The Hall–Kier alpha value is -1.55. The van der Waals surface area contributed by atoms with Crippen LogP contribution in [0.5, 0.6) is 5.75 Å². The molecule has 1 aliphatic rings.